The topological polar surface area (TPSA) is 20.2 Å². The number of rotatable bonds is 4. The molecule has 16 heavy (non-hydrogen) atoms. The summed E-state index contributed by atoms with van der Waals surface area (Å²) in [6, 6.07) is 0. The van der Waals surface area contributed by atoms with E-state index in [1.807, 2.05) is 13.8 Å². The highest BCUT2D eigenvalue weighted by molar-refractivity contribution is 4.90. The van der Waals surface area contributed by atoms with Gasteiger partial charge in [0.2, 0.25) is 0 Å². The Bertz CT molecular complexity index is 224. The highest BCUT2D eigenvalue weighted by atomic mass is 16.3. The van der Waals surface area contributed by atoms with Gasteiger partial charge in [0.15, 0.2) is 0 Å². The SMILES string of the molecule is CC(CCC1CCC(C)C1(C)C)C(C)(C)O. The molecule has 1 rings (SSSR count). The summed E-state index contributed by atoms with van der Waals surface area (Å²) in [6.07, 6.45) is 5.20. The molecule has 0 radical (unpaired) electrons. The minimum absolute atomic E-state index is 0.402. The Labute approximate surface area is 102 Å². The molecule has 3 unspecified atom stereocenters. The van der Waals surface area contributed by atoms with Crippen molar-refractivity contribution in [2.24, 2.45) is 23.2 Å². The first kappa shape index (κ1) is 14.0. The van der Waals surface area contributed by atoms with E-state index < -0.39 is 5.60 Å². The Balaban J connectivity index is 2.45. The predicted molar refractivity (Wildman–Crippen MR) is 70.4 cm³/mol. The average Bonchev–Trinajstić information content (AvgIpc) is 2.37. The lowest BCUT2D eigenvalue weighted by molar-refractivity contribution is 0.0161. The van der Waals surface area contributed by atoms with E-state index in [1.54, 1.807) is 0 Å². The second-order valence-corrected chi connectivity index (χ2v) is 7.13. The fourth-order valence-electron chi connectivity index (χ4n) is 2.92. The molecule has 96 valence electrons. The molecule has 1 aliphatic carbocycles. The molecule has 3 atom stereocenters. The summed E-state index contributed by atoms with van der Waals surface area (Å²) in [4.78, 5) is 0. The Morgan fingerprint density at radius 3 is 2.25 bits per heavy atom. The highest BCUT2D eigenvalue weighted by Crippen LogP contribution is 2.49. The van der Waals surface area contributed by atoms with Crippen molar-refractivity contribution in [1.29, 1.82) is 0 Å². The van der Waals surface area contributed by atoms with Crippen LogP contribution in [-0.4, -0.2) is 10.7 Å². The van der Waals surface area contributed by atoms with Crippen molar-refractivity contribution in [3.63, 3.8) is 0 Å². The summed E-state index contributed by atoms with van der Waals surface area (Å²) in [5.41, 5.74) is -0.0202. The zero-order valence-corrected chi connectivity index (χ0v) is 12.0. The molecule has 1 saturated carbocycles. The second-order valence-electron chi connectivity index (χ2n) is 7.13. The van der Waals surface area contributed by atoms with Gasteiger partial charge in [-0.25, -0.2) is 0 Å². The van der Waals surface area contributed by atoms with Crippen LogP contribution < -0.4 is 0 Å². The molecule has 0 aliphatic heterocycles. The van der Waals surface area contributed by atoms with E-state index >= 15 is 0 Å². The van der Waals surface area contributed by atoms with Gasteiger partial charge in [0.05, 0.1) is 5.60 Å². The van der Waals surface area contributed by atoms with Crippen molar-refractivity contribution in [3.8, 4) is 0 Å². The van der Waals surface area contributed by atoms with Crippen molar-refractivity contribution >= 4 is 0 Å². The molecule has 0 bridgehead atoms. The molecule has 0 amide bonds. The lowest BCUT2D eigenvalue weighted by Crippen LogP contribution is -2.30. The molecule has 1 fully saturated rings. The van der Waals surface area contributed by atoms with Crippen molar-refractivity contribution < 1.29 is 5.11 Å². The van der Waals surface area contributed by atoms with Crippen molar-refractivity contribution in [2.75, 3.05) is 0 Å². The van der Waals surface area contributed by atoms with E-state index in [0.717, 1.165) is 18.3 Å². The quantitative estimate of drug-likeness (QED) is 0.760. The second kappa shape index (κ2) is 4.68. The van der Waals surface area contributed by atoms with E-state index in [4.69, 9.17) is 0 Å². The molecule has 0 aromatic heterocycles. The lowest BCUT2D eigenvalue weighted by Gasteiger charge is -2.33. The molecule has 0 aromatic carbocycles. The van der Waals surface area contributed by atoms with Crippen molar-refractivity contribution in [3.05, 3.63) is 0 Å². The maximum atomic E-state index is 9.94. The molecule has 1 N–H and O–H groups in total. The third-order valence-corrected chi connectivity index (χ3v) is 5.42. The lowest BCUT2D eigenvalue weighted by atomic mass is 9.73. The van der Waals surface area contributed by atoms with E-state index in [9.17, 15) is 5.11 Å². The van der Waals surface area contributed by atoms with Crippen molar-refractivity contribution in [1.82, 2.24) is 0 Å². The molecule has 1 aliphatic rings. The molecule has 0 saturated heterocycles. The number of aliphatic hydroxyl groups is 1. The highest BCUT2D eigenvalue weighted by Gasteiger charge is 2.40. The number of hydrogen-bond acceptors (Lipinski definition) is 1. The van der Waals surface area contributed by atoms with Gasteiger partial charge < -0.3 is 5.11 Å². The summed E-state index contributed by atoms with van der Waals surface area (Å²) >= 11 is 0. The Morgan fingerprint density at radius 2 is 1.88 bits per heavy atom. The first-order chi connectivity index (χ1) is 7.15. The van der Waals surface area contributed by atoms with Gasteiger partial charge in [-0.3, -0.25) is 0 Å². The third-order valence-electron chi connectivity index (χ3n) is 5.42. The van der Waals surface area contributed by atoms with Crippen LogP contribution in [0.15, 0.2) is 0 Å². The van der Waals surface area contributed by atoms with Crippen LogP contribution in [0.2, 0.25) is 0 Å². The normalized spacial score (nSPS) is 31.7. The fourth-order valence-corrected chi connectivity index (χ4v) is 2.92. The van der Waals surface area contributed by atoms with Gasteiger partial charge in [-0.15, -0.1) is 0 Å². The predicted octanol–water partition coefficient (Wildman–Crippen LogP) is 4.25. The van der Waals surface area contributed by atoms with Gasteiger partial charge in [0.25, 0.3) is 0 Å². The summed E-state index contributed by atoms with van der Waals surface area (Å²) in [6.45, 7) is 13.3. The Morgan fingerprint density at radius 1 is 1.31 bits per heavy atom. The maximum absolute atomic E-state index is 9.94. The van der Waals surface area contributed by atoms with Gasteiger partial charge in [0, 0.05) is 0 Å². The standard InChI is InChI=1S/C15H30O/c1-11-7-9-13(14(11,3)4)10-8-12(2)15(5,6)16/h11-13,16H,7-10H2,1-6H3. The zero-order chi connectivity index (χ0) is 12.6. The first-order valence-electron chi connectivity index (χ1n) is 6.88. The van der Waals surface area contributed by atoms with Crippen LogP contribution in [0.3, 0.4) is 0 Å². The Hall–Kier alpha value is -0.0400. The van der Waals surface area contributed by atoms with Gasteiger partial charge in [0.1, 0.15) is 0 Å². The largest absolute Gasteiger partial charge is 0.390 e. The van der Waals surface area contributed by atoms with Gasteiger partial charge in [-0.1, -0.05) is 27.7 Å². The molecule has 0 spiro atoms. The van der Waals surface area contributed by atoms with Crippen LogP contribution in [0.1, 0.15) is 67.2 Å². The van der Waals surface area contributed by atoms with Crippen LogP contribution in [-0.2, 0) is 0 Å². The molecule has 1 heteroatoms. The van der Waals surface area contributed by atoms with Crippen molar-refractivity contribution in [2.45, 2.75) is 72.8 Å². The minimum Gasteiger partial charge on any atom is -0.390 e. The van der Waals surface area contributed by atoms with Crippen LogP contribution in [0.4, 0.5) is 0 Å². The Kier molecular flexibility index (Phi) is 4.10. The van der Waals surface area contributed by atoms with Gasteiger partial charge in [-0.05, 0) is 62.7 Å². The molecular weight excluding hydrogens is 196 g/mol. The molecule has 1 nitrogen and oxygen atoms in total. The van der Waals surface area contributed by atoms with E-state index in [1.165, 1.54) is 19.3 Å². The molecule has 0 aromatic rings. The summed E-state index contributed by atoms with van der Waals surface area (Å²) in [5.74, 6) is 2.11. The smallest absolute Gasteiger partial charge is 0.0617 e. The minimum atomic E-state index is -0.519. The van der Waals surface area contributed by atoms with Crippen LogP contribution in [0.25, 0.3) is 0 Å². The summed E-state index contributed by atoms with van der Waals surface area (Å²) in [5, 5.41) is 9.94. The van der Waals surface area contributed by atoms with E-state index in [0.29, 0.717) is 11.3 Å². The average molecular weight is 226 g/mol. The monoisotopic (exact) mass is 226 g/mol. The number of hydrogen-bond donors (Lipinski definition) is 1. The molecular formula is C15H30O. The van der Waals surface area contributed by atoms with E-state index in [-0.39, 0.29) is 0 Å². The fraction of sp³-hybridized carbons (Fsp3) is 1.00. The van der Waals surface area contributed by atoms with Crippen LogP contribution in [0, 0.1) is 23.2 Å². The maximum Gasteiger partial charge on any atom is 0.0617 e. The third kappa shape index (κ3) is 3.00. The first-order valence-corrected chi connectivity index (χ1v) is 6.88. The van der Waals surface area contributed by atoms with Gasteiger partial charge >= 0.3 is 0 Å². The van der Waals surface area contributed by atoms with E-state index in [2.05, 4.69) is 27.7 Å². The summed E-state index contributed by atoms with van der Waals surface area (Å²) < 4.78 is 0. The van der Waals surface area contributed by atoms with Crippen LogP contribution in [0.5, 0.6) is 0 Å². The molecule has 0 heterocycles. The van der Waals surface area contributed by atoms with Gasteiger partial charge in [-0.2, -0.15) is 0 Å². The zero-order valence-electron chi connectivity index (χ0n) is 12.0. The van der Waals surface area contributed by atoms with Crippen LogP contribution >= 0.6 is 0 Å². The summed E-state index contributed by atoms with van der Waals surface area (Å²) in [7, 11) is 0.